The van der Waals surface area contributed by atoms with Crippen molar-refractivity contribution in [1.29, 1.82) is 0 Å². The first-order valence-corrected chi connectivity index (χ1v) is 5.83. The largest absolute Gasteiger partial charge is 0.390 e. The van der Waals surface area contributed by atoms with Crippen molar-refractivity contribution in [3.63, 3.8) is 0 Å². The minimum absolute atomic E-state index is 0.0192. The number of aliphatic hydroxyl groups is 1. The van der Waals surface area contributed by atoms with Gasteiger partial charge >= 0.3 is 0 Å². The maximum absolute atomic E-state index is 11.8. The Kier molecular flexibility index (Phi) is 3.45. The summed E-state index contributed by atoms with van der Waals surface area (Å²) in [6, 6.07) is 5.94. The van der Waals surface area contributed by atoms with Crippen molar-refractivity contribution >= 4 is 11.6 Å². The van der Waals surface area contributed by atoms with Crippen LogP contribution < -0.4 is 5.32 Å². The van der Waals surface area contributed by atoms with E-state index in [1.807, 2.05) is 36.9 Å². The number of nitrogens with zero attached hydrogens (tertiary/aromatic N) is 1. The van der Waals surface area contributed by atoms with Crippen molar-refractivity contribution in [2.24, 2.45) is 0 Å². The molecule has 0 atom stereocenters. The third-order valence-corrected chi connectivity index (χ3v) is 3.05. The van der Waals surface area contributed by atoms with E-state index in [-0.39, 0.29) is 12.0 Å². The van der Waals surface area contributed by atoms with E-state index in [0.29, 0.717) is 19.6 Å². The van der Waals surface area contributed by atoms with Crippen molar-refractivity contribution in [1.82, 2.24) is 4.90 Å². The highest BCUT2D eigenvalue weighted by Crippen LogP contribution is 2.19. The molecule has 0 radical (unpaired) electrons. The normalized spacial score (nSPS) is 16.6. The molecule has 1 aromatic carbocycles. The number of rotatable bonds is 3. The van der Waals surface area contributed by atoms with E-state index in [9.17, 15) is 4.79 Å². The lowest BCUT2D eigenvalue weighted by Crippen LogP contribution is -2.53. The van der Waals surface area contributed by atoms with Crippen LogP contribution in [-0.4, -0.2) is 41.7 Å². The number of hydrogen-bond acceptors (Lipinski definition) is 3. The minimum atomic E-state index is -0.261. The molecule has 1 fully saturated rings. The van der Waals surface area contributed by atoms with Gasteiger partial charge in [-0.2, -0.15) is 0 Å². The monoisotopic (exact) mass is 234 g/mol. The second kappa shape index (κ2) is 4.85. The highest BCUT2D eigenvalue weighted by atomic mass is 16.3. The Morgan fingerprint density at radius 3 is 2.53 bits per heavy atom. The Balaban J connectivity index is 1.94. The second-order valence-electron chi connectivity index (χ2n) is 4.66. The fourth-order valence-corrected chi connectivity index (χ4v) is 2.07. The Labute approximate surface area is 101 Å². The van der Waals surface area contributed by atoms with Gasteiger partial charge in [0.1, 0.15) is 0 Å². The van der Waals surface area contributed by atoms with E-state index >= 15 is 0 Å². The van der Waals surface area contributed by atoms with Crippen molar-refractivity contribution in [3.8, 4) is 0 Å². The standard InChI is InChI=1S/C13H18N2O2/c1-9-4-3-5-10(2)13(9)14-12(17)8-15-6-11(16)7-15/h3-5,11,16H,6-8H2,1-2H3,(H,14,17). The van der Waals surface area contributed by atoms with Crippen molar-refractivity contribution < 1.29 is 9.90 Å². The summed E-state index contributed by atoms with van der Waals surface area (Å²) in [4.78, 5) is 13.7. The van der Waals surface area contributed by atoms with Crippen LogP contribution in [0.3, 0.4) is 0 Å². The van der Waals surface area contributed by atoms with Crippen molar-refractivity contribution in [3.05, 3.63) is 29.3 Å². The van der Waals surface area contributed by atoms with Gasteiger partial charge in [0.05, 0.1) is 12.6 Å². The highest BCUT2D eigenvalue weighted by Gasteiger charge is 2.25. The van der Waals surface area contributed by atoms with E-state index in [4.69, 9.17) is 5.11 Å². The molecule has 1 aromatic rings. The molecule has 1 saturated heterocycles. The average Bonchev–Trinajstić information content (AvgIpc) is 2.21. The third-order valence-electron chi connectivity index (χ3n) is 3.05. The number of anilines is 1. The molecule has 4 heteroatoms. The number of carbonyl (C=O) groups is 1. The Morgan fingerprint density at radius 2 is 2.00 bits per heavy atom. The van der Waals surface area contributed by atoms with Gasteiger partial charge in [0, 0.05) is 18.8 Å². The Hall–Kier alpha value is -1.39. The van der Waals surface area contributed by atoms with Gasteiger partial charge in [-0.3, -0.25) is 9.69 Å². The summed E-state index contributed by atoms with van der Waals surface area (Å²) in [5.74, 6) is -0.0192. The first kappa shape index (κ1) is 12.1. The summed E-state index contributed by atoms with van der Waals surface area (Å²) in [5.41, 5.74) is 3.04. The molecule has 92 valence electrons. The third kappa shape index (κ3) is 2.84. The summed E-state index contributed by atoms with van der Waals surface area (Å²) in [7, 11) is 0. The van der Waals surface area contributed by atoms with Crippen LogP contribution in [0.25, 0.3) is 0 Å². The fourth-order valence-electron chi connectivity index (χ4n) is 2.07. The Morgan fingerprint density at radius 1 is 1.41 bits per heavy atom. The van der Waals surface area contributed by atoms with Gasteiger partial charge in [-0.15, -0.1) is 0 Å². The number of para-hydroxylation sites is 1. The van der Waals surface area contributed by atoms with Crippen LogP contribution in [0, 0.1) is 13.8 Å². The molecule has 0 spiro atoms. The van der Waals surface area contributed by atoms with Gasteiger partial charge in [0.25, 0.3) is 0 Å². The number of aryl methyl sites for hydroxylation is 2. The van der Waals surface area contributed by atoms with Crippen molar-refractivity contribution in [2.75, 3.05) is 25.0 Å². The number of hydrogen-bond donors (Lipinski definition) is 2. The predicted molar refractivity (Wildman–Crippen MR) is 67.0 cm³/mol. The average molecular weight is 234 g/mol. The molecular weight excluding hydrogens is 216 g/mol. The summed E-state index contributed by atoms with van der Waals surface area (Å²) in [5, 5.41) is 12.1. The van der Waals surface area contributed by atoms with Gasteiger partial charge in [0.15, 0.2) is 0 Å². The highest BCUT2D eigenvalue weighted by molar-refractivity contribution is 5.93. The first-order valence-electron chi connectivity index (χ1n) is 5.83. The lowest BCUT2D eigenvalue weighted by atomic mass is 10.1. The maximum atomic E-state index is 11.8. The summed E-state index contributed by atoms with van der Waals surface area (Å²) < 4.78 is 0. The van der Waals surface area contributed by atoms with Crippen molar-refractivity contribution in [2.45, 2.75) is 20.0 Å². The van der Waals surface area contributed by atoms with Crippen LogP contribution in [0.5, 0.6) is 0 Å². The number of amides is 1. The summed E-state index contributed by atoms with van der Waals surface area (Å²) >= 11 is 0. The molecule has 1 aliphatic rings. The van der Waals surface area contributed by atoms with Crippen LogP contribution in [0.1, 0.15) is 11.1 Å². The quantitative estimate of drug-likeness (QED) is 0.817. The van der Waals surface area contributed by atoms with Gasteiger partial charge in [-0.25, -0.2) is 0 Å². The molecule has 0 unspecified atom stereocenters. The molecule has 1 aliphatic heterocycles. The molecule has 17 heavy (non-hydrogen) atoms. The van der Waals surface area contributed by atoms with Gasteiger partial charge in [-0.1, -0.05) is 18.2 Å². The van der Waals surface area contributed by atoms with E-state index in [1.54, 1.807) is 0 Å². The van der Waals surface area contributed by atoms with Crippen LogP contribution >= 0.6 is 0 Å². The number of likely N-dealkylation sites (tertiary alicyclic amines) is 1. The molecule has 1 amide bonds. The van der Waals surface area contributed by atoms with Gasteiger partial charge in [0.2, 0.25) is 5.91 Å². The number of benzene rings is 1. The molecule has 0 saturated carbocycles. The maximum Gasteiger partial charge on any atom is 0.238 e. The molecule has 4 nitrogen and oxygen atoms in total. The Bertz CT molecular complexity index is 405. The van der Waals surface area contributed by atoms with E-state index in [0.717, 1.165) is 16.8 Å². The van der Waals surface area contributed by atoms with E-state index < -0.39 is 0 Å². The molecule has 0 bridgehead atoms. The molecule has 2 N–H and O–H groups in total. The van der Waals surface area contributed by atoms with Crippen LogP contribution in [0.2, 0.25) is 0 Å². The molecule has 0 aromatic heterocycles. The smallest absolute Gasteiger partial charge is 0.238 e. The predicted octanol–water partition coefficient (Wildman–Crippen LogP) is 0.918. The summed E-state index contributed by atoms with van der Waals surface area (Å²) in [6.45, 7) is 5.51. The molecule has 0 aliphatic carbocycles. The number of β-amino-alcohol motifs (C(OH)–C–C–N with tert-alkyl or cyclic N) is 1. The van der Waals surface area contributed by atoms with Crippen LogP contribution in [0.15, 0.2) is 18.2 Å². The summed E-state index contributed by atoms with van der Waals surface area (Å²) in [6.07, 6.45) is -0.261. The topological polar surface area (TPSA) is 52.6 Å². The fraction of sp³-hybridized carbons (Fsp3) is 0.462. The first-order chi connectivity index (χ1) is 8.06. The van der Waals surface area contributed by atoms with Gasteiger partial charge in [-0.05, 0) is 25.0 Å². The lowest BCUT2D eigenvalue weighted by molar-refractivity contribution is -0.119. The van der Waals surface area contributed by atoms with Crippen LogP contribution in [-0.2, 0) is 4.79 Å². The number of carbonyl (C=O) groups excluding carboxylic acids is 1. The SMILES string of the molecule is Cc1cccc(C)c1NC(=O)CN1CC(O)C1. The zero-order valence-electron chi connectivity index (χ0n) is 10.2. The van der Waals surface area contributed by atoms with E-state index in [1.165, 1.54) is 0 Å². The van der Waals surface area contributed by atoms with Gasteiger partial charge < -0.3 is 10.4 Å². The zero-order valence-corrected chi connectivity index (χ0v) is 10.2. The number of aliphatic hydroxyl groups excluding tert-OH is 1. The van der Waals surface area contributed by atoms with Crippen LogP contribution in [0.4, 0.5) is 5.69 Å². The molecular formula is C13H18N2O2. The number of nitrogens with one attached hydrogen (secondary N) is 1. The second-order valence-corrected chi connectivity index (χ2v) is 4.66. The minimum Gasteiger partial charge on any atom is -0.390 e. The van der Waals surface area contributed by atoms with E-state index in [2.05, 4.69) is 5.32 Å². The zero-order chi connectivity index (χ0) is 12.4. The lowest BCUT2D eigenvalue weighted by Gasteiger charge is -2.35. The molecule has 2 rings (SSSR count). The molecule has 1 heterocycles.